The molecule has 3 rings (SSSR count). The number of aromatic nitrogens is 2. The minimum absolute atomic E-state index is 0.235. The zero-order valence-corrected chi connectivity index (χ0v) is 16.6. The van der Waals surface area contributed by atoms with Gasteiger partial charge in [0.2, 0.25) is 0 Å². The quantitative estimate of drug-likeness (QED) is 0.542. The Morgan fingerprint density at radius 3 is 2.81 bits per heavy atom. The van der Waals surface area contributed by atoms with Crippen molar-refractivity contribution in [3.05, 3.63) is 68.4 Å². The molecule has 26 heavy (non-hydrogen) atoms. The van der Waals surface area contributed by atoms with Crippen molar-refractivity contribution in [3.63, 3.8) is 0 Å². The Hall–Kier alpha value is -2.19. The second kappa shape index (κ2) is 8.95. The summed E-state index contributed by atoms with van der Waals surface area (Å²) in [5.41, 5.74) is 1.77. The Kier molecular flexibility index (Phi) is 6.40. The molecule has 2 heterocycles. The Labute approximate surface area is 163 Å². The number of halogens is 1. The third-order valence-corrected chi connectivity index (χ3v) is 5.08. The molecule has 8 heteroatoms. The first kappa shape index (κ1) is 18.6. The first-order chi connectivity index (χ1) is 12.6. The lowest BCUT2D eigenvalue weighted by Crippen LogP contribution is -2.33. The van der Waals surface area contributed by atoms with E-state index < -0.39 is 0 Å². The molecule has 0 atom stereocenters. The Bertz CT molecular complexity index is 850. The van der Waals surface area contributed by atoms with Crippen LogP contribution >= 0.6 is 27.3 Å². The number of carbonyl (C=O) groups excluding carboxylic acids is 1. The molecule has 2 aromatic heterocycles. The Morgan fingerprint density at radius 1 is 1.35 bits per heavy atom. The normalized spacial score (nSPS) is 10.7. The summed E-state index contributed by atoms with van der Waals surface area (Å²) in [4.78, 5) is 18.5. The molecule has 0 radical (unpaired) electrons. The number of aryl methyl sites for hydroxylation is 1. The van der Waals surface area contributed by atoms with Gasteiger partial charge in [-0.25, -0.2) is 9.78 Å². The van der Waals surface area contributed by atoms with Crippen molar-refractivity contribution >= 4 is 33.4 Å². The maximum absolute atomic E-state index is 12.6. The summed E-state index contributed by atoms with van der Waals surface area (Å²) in [6, 6.07) is 11.5. The lowest BCUT2D eigenvalue weighted by atomic mass is 10.2. The van der Waals surface area contributed by atoms with E-state index in [4.69, 9.17) is 9.26 Å². The highest BCUT2D eigenvalue weighted by Gasteiger charge is 2.18. The van der Waals surface area contributed by atoms with Gasteiger partial charge in [-0.3, -0.25) is 0 Å². The highest BCUT2D eigenvalue weighted by atomic mass is 79.9. The highest BCUT2D eigenvalue weighted by molar-refractivity contribution is 9.11. The summed E-state index contributed by atoms with van der Waals surface area (Å²) in [6.45, 7) is 2.95. The molecule has 0 saturated heterocycles. The molecule has 0 unspecified atom stereocenters. The molecule has 0 aliphatic rings. The van der Waals surface area contributed by atoms with E-state index in [2.05, 4.69) is 26.1 Å². The predicted molar refractivity (Wildman–Crippen MR) is 102 cm³/mol. The average molecular weight is 436 g/mol. The maximum Gasteiger partial charge on any atom is 0.410 e. The molecular weight excluding hydrogens is 418 g/mol. The van der Waals surface area contributed by atoms with Gasteiger partial charge in [0, 0.05) is 19.0 Å². The second-order valence-electron chi connectivity index (χ2n) is 5.70. The minimum atomic E-state index is -0.378. The van der Waals surface area contributed by atoms with Crippen LogP contribution in [-0.2, 0) is 24.3 Å². The summed E-state index contributed by atoms with van der Waals surface area (Å²) in [5.74, 6) is 0.740. The van der Waals surface area contributed by atoms with Crippen LogP contribution in [0.4, 0.5) is 4.79 Å². The monoisotopic (exact) mass is 435 g/mol. The zero-order valence-electron chi connectivity index (χ0n) is 14.2. The fourth-order valence-corrected chi connectivity index (χ4v) is 3.67. The van der Waals surface area contributed by atoms with E-state index in [1.807, 2.05) is 43.3 Å². The number of ether oxygens (including phenoxy) is 1. The smallest absolute Gasteiger partial charge is 0.410 e. The topological polar surface area (TPSA) is 68.5 Å². The third kappa shape index (κ3) is 5.40. The van der Waals surface area contributed by atoms with Crippen molar-refractivity contribution in [2.24, 2.45) is 0 Å². The molecule has 1 aromatic carbocycles. The molecular formula is C18H18BrN3O3S. The molecule has 6 nitrogen and oxygen atoms in total. The van der Waals surface area contributed by atoms with Crippen molar-refractivity contribution < 1.29 is 14.1 Å². The fraction of sp³-hybridized carbons (Fsp3) is 0.278. The molecule has 0 aliphatic carbocycles. The molecule has 0 bridgehead atoms. The molecule has 1 amide bonds. The summed E-state index contributed by atoms with van der Waals surface area (Å²) in [7, 11) is 0. The number of benzene rings is 1. The van der Waals surface area contributed by atoms with Crippen molar-refractivity contribution in [3.8, 4) is 0 Å². The van der Waals surface area contributed by atoms with Gasteiger partial charge in [-0.1, -0.05) is 35.5 Å². The van der Waals surface area contributed by atoms with Gasteiger partial charge in [0.15, 0.2) is 0 Å². The van der Waals surface area contributed by atoms with E-state index in [1.165, 1.54) is 11.3 Å². The average Bonchev–Trinajstić information content (AvgIpc) is 3.25. The van der Waals surface area contributed by atoms with Crippen LogP contribution in [0.1, 0.15) is 22.0 Å². The van der Waals surface area contributed by atoms with Gasteiger partial charge >= 0.3 is 6.09 Å². The molecule has 136 valence electrons. The van der Waals surface area contributed by atoms with E-state index in [-0.39, 0.29) is 12.7 Å². The first-order valence-electron chi connectivity index (χ1n) is 8.08. The minimum Gasteiger partial charge on any atom is -0.445 e. The first-order valence-corrected chi connectivity index (χ1v) is 9.69. The highest BCUT2D eigenvalue weighted by Crippen LogP contribution is 2.21. The summed E-state index contributed by atoms with van der Waals surface area (Å²) in [6.07, 6.45) is 1.91. The number of nitrogens with zero attached hydrogens (tertiary/aromatic N) is 3. The summed E-state index contributed by atoms with van der Waals surface area (Å²) in [5, 5.41) is 4.71. The van der Waals surface area contributed by atoms with Crippen LogP contribution in [0.5, 0.6) is 0 Å². The van der Waals surface area contributed by atoms with Crippen molar-refractivity contribution in [1.82, 2.24) is 15.0 Å². The van der Waals surface area contributed by atoms with Gasteiger partial charge < -0.3 is 14.2 Å². The molecule has 0 spiro atoms. The SMILES string of the molecule is Cc1cc(CCN(Cc2ncc(Br)s2)C(=O)OCc2ccccc2)on1. The summed E-state index contributed by atoms with van der Waals surface area (Å²) >= 11 is 4.89. The van der Waals surface area contributed by atoms with Gasteiger partial charge in [-0.05, 0) is 28.4 Å². The van der Waals surface area contributed by atoms with E-state index in [9.17, 15) is 4.79 Å². The predicted octanol–water partition coefficient (Wildman–Crippen LogP) is 4.58. The van der Waals surface area contributed by atoms with Crippen LogP contribution < -0.4 is 0 Å². The summed E-state index contributed by atoms with van der Waals surface area (Å²) < 4.78 is 11.6. The number of rotatable bonds is 7. The molecule has 0 N–H and O–H groups in total. The van der Waals surface area contributed by atoms with Gasteiger partial charge in [0.25, 0.3) is 0 Å². The van der Waals surface area contributed by atoms with E-state index in [1.54, 1.807) is 11.1 Å². The van der Waals surface area contributed by atoms with Crippen LogP contribution in [-0.4, -0.2) is 27.7 Å². The Morgan fingerprint density at radius 2 is 2.15 bits per heavy atom. The van der Waals surface area contributed by atoms with Gasteiger partial charge in [-0.15, -0.1) is 11.3 Å². The largest absolute Gasteiger partial charge is 0.445 e. The van der Waals surface area contributed by atoms with Crippen LogP contribution in [0.25, 0.3) is 0 Å². The number of carbonyl (C=O) groups is 1. The number of hydrogen-bond acceptors (Lipinski definition) is 6. The van der Waals surface area contributed by atoms with E-state index >= 15 is 0 Å². The van der Waals surface area contributed by atoms with Gasteiger partial charge in [0.05, 0.1) is 22.2 Å². The zero-order chi connectivity index (χ0) is 18.4. The van der Waals surface area contributed by atoms with Gasteiger partial charge in [0.1, 0.15) is 17.4 Å². The number of thiazole rings is 1. The Balaban J connectivity index is 1.63. The standard InChI is InChI=1S/C18H18BrN3O3S/c1-13-9-15(25-21-13)7-8-22(11-17-20-10-16(19)26-17)18(23)24-12-14-5-3-2-4-6-14/h2-6,9-10H,7-8,11-12H2,1H3. The van der Waals surface area contributed by atoms with Gasteiger partial charge in [-0.2, -0.15) is 0 Å². The molecule has 0 saturated carbocycles. The van der Waals surface area contributed by atoms with Crippen LogP contribution in [0.15, 0.2) is 50.9 Å². The lowest BCUT2D eigenvalue weighted by molar-refractivity contribution is 0.0933. The van der Waals surface area contributed by atoms with Crippen molar-refractivity contribution in [2.75, 3.05) is 6.54 Å². The molecule has 0 fully saturated rings. The lowest BCUT2D eigenvalue weighted by Gasteiger charge is -2.20. The van der Waals surface area contributed by atoms with E-state index in [0.717, 1.165) is 25.8 Å². The van der Waals surface area contributed by atoms with Crippen LogP contribution in [0.2, 0.25) is 0 Å². The second-order valence-corrected chi connectivity index (χ2v) is 8.20. The molecule has 0 aliphatic heterocycles. The number of hydrogen-bond donors (Lipinski definition) is 0. The van der Waals surface area contributed by atoms with Crippen molar-refractivity contribution in [2.45, 2.75) is 26.5 Å². The molecule has 3 aromatic rings. The fourth-order valence-electron chi connectivity index (χ4n) is 2.35. The van der Waals surface area contributed by atoms with Crippen LogP contribution in [0.3, 0.4) is 0 Å². The third-order valence-electron chi connectivity index (χ3n) is 3.62. The maximum atomic E-state index is 12.6. The number of amides is 1. The van der Waals surface area contributed by atoms with E-state index in [0.29, 0.717) is 19.5 Å². The van der Waals surface area contributed by atoms with Crippen molar-refractivity contribution in [1.29, 1.82) is 0 Å². The van der Waals surface area contributed by atoms with Crippen LogP contribution in [0, 0.1) is 6.92 Å².